The number of ether oxygens (including phenoxy) is 1. The Kier molecular flexibility index (Phi) is 1.38. The zero-order chi connectivity index (χ0) is 7.14. The number of carbonyl (C=O) groups excluding carboxylic acids is 1. The molecule has 0 aliphatic carbocycles. The molecule has 4 heteroatoms. The van der Waals surface area contributed by atoms with E-state index in [1.54, 1.807) is 11.8 Å². The highest BCUT2D eigenvalue weighted by atomic mass is 32.2. The summed E-state index contributed by atoms with van der Waals surface area (Å²) >= 11 is 1.63. The molecule has 10 heavy (non-hydrogen) atoms. The molecule has 3 atom stereocenters. The van der Waals surface area contributed by atoms with Crippen LogP contribution in [0, 0.1) is 0 Å². The van der Waals surface area contributed by atoms with Crippen LogP contribution in [0.4, 0.5) is 0 Å². The molecule has 0 aromatic heterocycles. The van der Waals surface area contributed by atoms with Crippen LogP contribution in [-0.2, 0) is 9.53 Å². The van der Waals surface area contributed by atoms with Gasteiger partial charge < -0.3 is 9.84 Å². The highest BCUT2D eigenvalue weighted by Crippen LogP contribution is 2.36. The molecule has 2 aliphatic rings. The second kappa shape index (κ2) is 2.13. The van der Waals surface area contributed by atoms with Gasteiger partial charge in [-0.05, 0) is 0 Å². The van der Waals surface area contributed by atoms with E-state index in [2.05, 4.69) is 0 Å². The lowest BCUT2D eigenvalue weighted by Crippen LogP contribution is -2.26. The normalized spacial score (nSPS) is 45.3. The summed E-state index contributed by atoms with van der Waals surface area (Å²) in [6.45, 7) is 0. The quantitative estimate of drug-likeness (QED) is 0.497. The van der Waals surface area contributed by atoms with Crippen LogP contribution in [0.2, 0.25) is 0 Å². The number of aliphatic hydroxyl groups excluding tert-OH is 1. The van der Waals surface area contributed by atoms with Crippen LogP contribution >= 0.6 is 11.8 Å². The number of esters is 1. The van der Waals surface area contributed by atoms with E-state index in [1.165, 1.54) is 0 Å². The van der Waals surface area contributed by atoms with E-state index in [1.807, 2.05) is 0 Å². The van der Waals surface area contributed by atoms with Gasteiger partial charge in [0.15, 0.2) is 0 Å². The van der Waals surface area contributed by atoms with Gasteiger partial charge in [-0.25, -0.2) is 0 Å². The Bertz CT molecular complexity index is 170. The minimum absolute atomic E-state index is 0.166. The van der Waals surface area contributed by atoms with E-state index >= 15 is 0 Å². The third kappa shape index (κ3) is 0.828. The van der Waals surface area contributed by atoms with E-state index < -0.39 is 6.10 Å². The Labute approximate surface area is 62.7 Å². The molecular formula is C6H8O3S. The van der Waals surface area contributed by atoms with E-state index in [-0.39, 0.29) is 17.3 Å². The molecule has 3 unspecified atom stereocenters. The van der Waals surface area contributed by atoms with Gasteiger partial charge in [-0.3, -0.25) is 4.79 Å². The van der Waals surface area contributed by atoms with Crippen molar-refractivity contribution in [3.8, 4) is 0 Å². The van der Waals surface area contributed by atoms with Crippen molar-refractivity contribution in [2.75, 3.05) is 5.75 Å². The monoisotopic (exact) mass is 160 g/mol. The van der Waals surface area contributed by atoms with Crippen LogP contribution in [0.25, 0.3) is 0 Å². The molecule has 3 nitrogen and oxygen atoms in total. The van der Waals surface area contributed by atoms with Crippen LogP contribution in [0.3, 0.4) is 0 Å². The molecule has 2 rings (SSSR count). The van der Waals surface area contributed by atoms with Crippen molar-refractivity contribution in [1.82, 2.24) is 0 Å². The van der Waals surface area contributed by atoms with Gasteiger partial charge in [0.2, 0.25) is 0 Å². The van der Waals surface area contributed by atoms with Gasteiger partial charge in [-0.2, -0.15) is 11.8 Å². The van der Waals surface area contributed by atoms with E-state index in [9.17, 15) is 9.90 Å². The first kappa shape index (κ1) is 6.49. The molecule has 1 N–H and O–H groups in total. The van der Waals surface area contributed by atoms with Gasteiger partial charge in [0.1, 0.15) is 12.2 Å². The van der Waals surface area contributed by atoms with E-state index in [0.29, 0.717) is 12.2 Å². The van der Waals surface area contributed by atoms with Crippen molar-refractivity contribution >= 4 is 17.7 Å². The molecular weight excluding hydrogens is 152 g/mol. The summed E-state index contributed by atoms with van der Waals surface area (Å²) in [5.41, 5.74) is 0. The number of carbonyl (C=O) groups is 1. The van der Waals surface area contributed by atoms with Crippen molar-refractivity contribution in [1.29, 1.82) is 0 Å². The summed E-state index contributed by atoms with van der Waals surface area (Å²) in [6, 6.07) is 0. The van der Waals surface area contributed by atoms with Crippen LogP contribution in [0.15, 0.2) is 0 Å². The van der Waals surface area contributed by atoms with Crippen LogP contribution < -0.4 is 0 Å². The Balaban J connectivity index is 2.12. The maximum atomic E-state index is 10.7. The first-order valence-electron chi connectivity index (χ1n) is 3.26. The molecule has 0 spiro atoms. The van der Waals surface area contributed by atoms with Crippen molar-refractivity contribution in [2.24, 2.45) is 0 Å². The molecule has 2 fully saturated rings. The lowest BCUT2D eigenvalue weighted by Gasteiger charge is -2.09. The van der Waals surface area contributed by atoms with Crippen molar-refractivity contribution in [3.05, 3.63) is 0 Å². The number of aliphatic hydroxyl groups is 1. The summed E-state index contributed by atoms with van der Waals surface area (Å²) in [6.07, 6.45) is -0.161. The Morgan fingerprint density at radius 3 is 3.20 bits per heavy atom. The highest BCUT2D eigenvalue weighted by molar-refractivity contribution is 8.00. The molecule has 2 aliphatic heterocycles. The van der Waals surface area contributed by atoms with Crippen LogP contribution in [0.5, 0.6) is 0 Å². The average molecular weight is 160 g/mol. The third-order valence-electron chi connectivity index (χ3n) is 1.86. The Morgan fingerprint density at radius 2 is 2.50 bits per heavy atom. The molecule has 0 radical (unpaired) electrons. The third-order valence-corrected chi connectivity index (χ3v) is 3.26. The summed E-state index contributed by atoms with van der Waals surface area (Å²) in [5, 5.41) is 9.44. The standard InChI is InChI=1S/C6H8O3S/c7-3-2-10-4-1-5(8)9-6(3)4/h3-4,6-7H,1-2H2. The maximum absolute atomic E-state index is 10.7. The summed E-state index contributed by atoms with van der Waals surface area (Å²) in [4.78, 5) is 10.7. The summed E-state index contributed by atoms with van der Waals surface area (Å²) in [7, 11) is 0. The fraction of sp³-hybridized carbons (Fsp3) is 0.833. The number of thioether (sulfide) groups is 1. The molecule has 0 aromatic carbocycles. The molecule has 2 heterocycles. The number of hydrogen-bond acceptors (Lipinski definition) is 4. The molecule has 0 bridgehead atoms. The number of hydrogen-bond donors (Lipinski definition) is 1. The SMILES string of the molecule is O=C1CC2SCC(O)C2O1. The fourth-order valence-electron chi connectivity index (χ4n) is 1.35. The Hall–Kier alpha value is -0.220. The molecule has 0 aromatic rings. The maximum Gasteiger partial charge on any atom is 0.307 e. The highest BCUT2D eigenvalue weighted by Gasteiger charge is 2.44. The number of rotatable bonds is 0. The fourth-order valence-corrected chi connectivity index (χ4v) is 2.67. The largest absolute Gasteiger partial charge is 0.458 e. The van der Waals surface area contributed by atoms with Crippen LogP contribution in [0.1, 0.15) is 6.42 Å². The number of fused-ring (bicyclic) bond motifs is 1. The van der Waals surface area contributed by atoms with Crippen LogP contribution in [-0.4, -0.2) is 34.3 Å². The molecule has 2 saturated heterocycles. The predicted molar refractivity (Wildman–Crippen MR) is 36.7 cm³/mol. The minimum atomic E-state index is -0.429. The zero-order valence-corrected chi connectivity index (χ0v) is 6.13. The topological polar surface area (TPSA) is 46.5 Å². The first-order chi connectivity index (χ1) is 4.77. The summed E-state index contributed by atoms with van der Waals surface area (Å²) < 4.78 is 4.89. The first-order valence-corrected chi connectivity index (χ1v) is 4.31. The predicted octanol–water partition coefficient (Wildman–Crippen LogP) is -0.222. The van der Waals surface area contributed by atoms with Gasteiger partial charge in [0.25, 0.3) is 0 Å². The minimum Gasteiger partial charge on any atom is -0.458 e. The van der Waals surface area contributed by atoms with E-state index in [0.717, 1.165) is 0 Å². The Morgan fingerprint density at radius 1 is 1.70 bits per heavy atom. The van der Waals surface area contributed by atoms with Gasteiger partial charge in [0, 0.05) is 5.75 Å². The van der Waals surface area contributed by atoms with Crippen molar-refractivity contribution in [2.45, 2.75) is 23.9 Å². The lowest BCUT2D eigenvalue weighted by atomic mass is 10.1. The van der Waals surface area contributed by atoms with Gasteiger partial charge in [-0.15, -0.1) is 0 Å². The van der Waals surface area contributed by atoms with Gasteiger partial charge >= 0.3 is 5.97 Å². The van der Waals surface area contributed by atoms with Gasteiger partial charge in [0.05, 0.1) is 11.7 Å². The van der Waals surface area contributed by atoms with Gasteiger partial charge in [-0.1, -0.05) is 0 Å². The molecule has 56 valence electrons. The second-order valence-corrected chi connectivity index (χ2v) is 3.87. The van der Waals surface area contributed by atoms with Crippen molar-refractivity contribution in [3.63, 3.8) is 0 Å². The smallest absolute Gasteiger partial charge is 0.307 e. The van der Waals surface area contributed by atoms with E-state index in [4.69, 9.17) is 4.74 Å². The average Bonchev–Trinajstić information content (AvgIpc) is 2.35. The van der Waals surface area contributed by atoms with Crippen molar-refractivity contribution < 1.29 is 14.6 Å². The summed E-state index contributed by atoms with van der Waals surface area (Å²) in [5.74, 6) is 0.545. The zero-order valence-electron chi connectivity index (χ0n) is 5.32. The second-order valence-electron chi connectivity index (χ2n) is 2.60. The molecule has 0 saturated carbocycles. The lowest BCUT2D eigenvalue weighted by molar-refractivity contribution is -0.144. The molecule has 0 amide bonds.